The van der Waals surface area contributed by atoms with Crippen molar-refractivity contribution in [1.29, 1.82) is 0 Å². The number of unbranched alkanes of at least 4 members (excludes halogenated alkanes) is 3. The largest absolute Gasteiger partial charge is 0.458 e. The van der Waals surface area contributed by atoms with Crippen LogP contribution in [0.2, 0.25) is 0 Å². The molecule has 0 aliphatic carbocycles. The van der Waals surface area contributed by atoms with E-state index in [0.29, 0.717) is 26.4 Å². The van der Waals surface area contributed by atoms with Crippen LogP contribution in [0.1, 0.15) is 80.1 Å². The van der Waals surface area contributed by atoms with Crippen molar-refractivity contribution in [2.75, 3.05) is 52.9 Å². The Bertz CT molecular complexity index is 435. The first-order chi connectivity index (χ1) is 15.0. The molecule has 0 N–H and O–H groups in total. The Hall–Kier alpha value is -1.22. The average Bonchev–Trinajstić information content (AvgIpc) is 2.64. The maximum Gasteiger partial charge on any atom is 0.332 e. The maximum absolute atomic E-state index is 11.5. The first kappa shape index (κ1) is 30.8. The van der Waals surface area contributed by atoms with Crippen molar-refractivity contribution in [2.45, 2.75) is 91.3 Å². The molecule has 0 aliphatic heterocycles. The molecule has 8 nitrogen and oxygen atoms in total. The number of esters is 2. The van der Waals surface area contributed by atoms with E-state index in [-0.39, 0.29) is 25.2 Å². The Kier molecular flexibility index (Phi) is 17.5. The third-order valence-corrected chi connectivity index (χ3v) is 3.76. The second kappa shape index (κ2) is 18.2. The van der Waals surface area contributed by atoms with E-state index in [2.05, 4.69) is 0 Å². The first-order valence-corrected chi connectivity index (χ1v) is 11.7. The van der Waals surface area contributed by atoms with Gasteiger partial charge in [-0.1, -0.05) is 0 Å². The predicted molar refractivity (Wildman–Crippen MR) is 123 cm³/mol. The number of ether oxygens (including phenoxy) is 6. The Morgan fingerprint density at radius 1 is 0.469 bits per heavy atom. The lowest BCUT2D eigenvalue weighted by Gasteiger charge is -2.19. The van der Waals surface area contributed by atoms with Gasteiger partial charge in [-0.3, -0.25) is 0 Å². The fourth-order valence-electron chi connectivity index (χ4n) is 2.48. The molecule has 0 rings (SSSR count). The monoisotopic (exact) mass is 462 g/mol. The van der Waals surface area contributed by atoms with Crippen molar-refractivity contribution in [1.82, 2.24) is 0 Å². The van der Waals surface area contributed by atoms with Crippen LogP contribution in [0.25, 0.3) is 0 Å². The van der Waals surface area contributed by atoms with Crippen molar-refractivity contribution in [3.63, 3.8) is 0 Å². The zero-order chi connectivity index (χ0) is 24.3. The van der Waals surface area contributed by atoms with E-state index in [1.807, 2.05) is 41.5 Å². The van der Waals surface area contributed by atoms with Gasteiger partial charge in [0.05, 0.1) is 0 Å². The first-order valence-electron chi connectivity index (χ1n) is 11.7. The Morgan fingerprint density at radius 2 is 0.719 bits per heavy atom. The minimum atomic E-state index is -0.473. The fourth-order valence-corrected chi connectivity index (χ4v) is 2.48. The molecular formula is C24H46O8. The molecule has 0 unspecified atom stereocenters. The van der Waals surface area contributed by atoms with Gasteiger partial charge in [-0.15, -0.1) is 0 Å². The zero-order valence-electron chi connectivity index (χ0n) is 21.2. The summed E-state index contributed by atoms with van der Waals surface area (Å²) in [5, 5.41) is 0. The quantitative estimate of drug-likeness (QED) is 0.210. The molecular weight excluding hydrogens is 416 g/mol. The summed E-state index contributed by atoms with van der Waals surface area (Å²) in [6.07, 6.45) is 5.45. The van der Waals surface area contributed by atoms with Crippen LogP contribution in [0.15, 0.2) is 0 Å². The van der Waals surface area contributed by atoms with Gasteiger partial charge in [0.25, 0.3) is 0 Å². The number of rotatable bonds is 19. The molecule has 0 radical (unpaired) electrons. The summed E-state index contributed by atoms with van der Waals surface area (Å²) >= 11 is 0. The summed E-state index contributed by atoms with van der Waals surface area (Å²) < 4.78 is 32.1. The Labute approximate surface area is 194 Å². The van der Waals surface area contributed by atoms with E-state index in [0.717, 1.165) is 51.7 Å². The molecule has 0 saturated heterocycles. The van der Waals surface area contributed by atoms with Crippen molar-refractivity contribution in [2.24, 2.45) is 0 Å². The highest BCUT2D eigenvalue weighted by Crippen LogP contribution is 2.07. The van der Waals surface area contributed by atoms with Gasteiger partial charge in [0.2, 0.25) is 0 Å². The molecule has 0 aromatic heterocycles. The van der Waals surface area contributed by atoms with Crippen LogP contribution in [0, 0.1) is 0 Å². The second-order valence-corrected chi connectivity index (χ2v) is 9.62. The van der Waals surface area contributed by atoms with Crippen molar-refractivity contribution < 1.29 is 38.0 Å². The van der Waals surface area contributed by atoms with Gasteiger partial charge in [-0.25, -0.2) is 9.59 Å². The van der Waals surface area contributed by atoms with Gasteiger partial charge in [-0.05, 0) is 80.1 Å². The molecule has 190 valence electrons. The third kappa shape index (κ3) is 25.0. The van der Waals surface area contributed by atoms with Gasteiger partial charge in [0.15, 0.2) is 0 Å². The van der Waals surface area contributed by atoms with E-state index < -0.39 is 11.2 Å². The minimum Gasteiger partial charge on any atom is -0.458 e. The molecule has 0 atom stereocenters. The van der Waals surface area contributed by atoms with Crippen LogP contribution >= 0.6 is 0 Å². The SMILES string of the molecule is CC(C)(C)OC(=O)COCCCCOCCCCOCCCCOCC(=O)OC(C)(C)C. The lowest BCUT2D eigenvalue weighted by atomic mass is 10.2. The van der Waals surface area contributed by atoms with Crippen LogP contribution in [-0.2, 0) is 38.0 Å². The van der Waals surface area contributed by atoms with Gasteiger partial charge < -0.3 is 28.4 Å². The smallest absolute Gasteiger partial charge is 0.332 e. The summed E-state index contributed by atoms with van der Waals surface area (Å²) in [7, 11) is 0. The van der Waals surface area contributed by atoms with Crippen LogP contribution in [0.4, 0.5) is 0 Å². The van der Waals surface area contributed by atoms with Gasteiger partial charge in [0.1, 0.15) is 24.4 Å². The normalized spacial score (nSPS) is 12.1. The standard InChI is InChI=1S/C24H46O8/c1-23(2,3)31-21(25)19-29-17-11-9-15-27-13-7-8-14-28-16-10-12-18-30-20-22(26)32-24(4,5)6/h7-20H2,1-6H3. The minimum absolute atomic E-state index is 0.00274. The Morgan fingerprint density at radius 3 is 0.969 bits per heavy atom. The second-order valence-electron chi connectivity index (χ2n) is 9.62. The highest BCUT2D eigenvalue weighted by atomic mass is 16.6. The van der Waals surface area contributed by atoms with Crippen LogP contribution in [-0.4, -0.2) is 76.0 Å². The fraction of sp³-hybridized carbons (Fsp3) is 0.917. The van der Waals surface area contributed by atoms with E-state index >= 15 is 0 Å². The Balaban J connectivity index is 3.23. The van der Waals surface area contributed by atoms with Gasteiger partial charge >= 0.3 is 11.9 Å². The average molecular weight is 463 g/mol. The summed E-state index contributed by atoms with van der Waals surface area (Å²) in [6, 6.07) is 0. The molecule has 0 fully saturated rings. The lowest BCUT2D eigenvalue weighted by molar-refractivity contribution is -0.161. The number of carbonyl (C=O) groups is 2. The van der Waals surface area contributed by atoms with Crippen molar-refractivity contribution in [3.8, 4) is 0 Å². The highest BCUT2D eigenvalue weighted by molar-refractivity contribution is 5.71. The van der Waals surface area contributed by atoms with Crippen molar-refractivity contribution in [3.05, 3.63) is 0 Å². The number of hydrogen-bond donors (Lipinski definition) is 0. The molecule has 0 saturated carbocycles. The summed E-state index contributed by atoms with van der Waals surface area (Å²) in [5.74, 6) is -0.662. The van der Waals surface area contributed by atoms with E-state index in [9.17, 15) is 9.59 Å². The van der Waals surface area contributed by atoms with E-state index in [1.54, 1.807) is 0 Å². The number of carbonyl (C=O) groups excluding carboxylic acids is 2. The lowest BCUT2D eigenvalue weighted by Crippen LogP contribution is -2.26. The van der Waals surface area contributed by atoms with Crippen LogP contribution in [0.3, 0.4) is 0 Å². The molecule has 8 heteroatoms. The van der Waals surface area contributed by atoms with Gasteiger partial charge in [-0.2, -0.15) is 0 Å². The molecule has 32 heavy (non-hydrogen) atoms. The maximum atomic E-state index is 11.5. The van der Waals surface area contributed by atoms with Crippen LogP contribution < -0.4 is 0 Å². The molecule has 0 heterocycles. The molecule has 0 aromatic rings. The summed E-state index contributed by atoms with van der Waals surface area (Å²) in [4.78, 5) is 23.0. The summed E-state index contributed by atoms with van der Waals surface area (Å²) in [5.41, 5.74) is -0.947. The molecule has 0 bridgehead atoms. The summed E-state index contributed by atoms with van der Waals surface area (Å²) in [6.45, 7) is 14.9. The molecule has 0 amide bonds. The molecule has 0 aromatic carbocycles. The number of hydrogen-bond acceptors (Lipinski definition) is 8. The van der Waals surface area contributed by atoms with E-state index in [4.69, 9.17) is 28.4 Å². The van der Waals surface area contributed by atoms with Crippen LogP contribution in [0.5, 0.6) is 0 Å². The van der Waals surface area contributed by atoms with Crippen molar-refractivity contribution >= 4 is 11.9 Å². The van der Waals surface area contributed by atoms with E-state index in [1.165, 1.54) is 0 Å². The topological polar surface area (TPSA) is 89.5 Å². The molecule has 0 spiro atoms. The third-order valence-electron chi connectivity index (χ3n) is 3.76. The molecule has 0 aliphatic rings. The zero-order valence-corrected chi connectivity index (χ0v) is 21.2. The predicted octanol–water partition coefficient (Wildman–Crippen LogP) is 4.08. The highest BCUT2D eigenvalue weighted by Gasteiger charge is 2.16. The van der Waals surface area contributed by atoms with Gasteiger partial charge in [0, 0.05) is 39.6 Å².